The maximum Gasteiger partial charge on any atom is 0.249 e. The van der Waals surface area contributed by atoms with E-state index < -0.39 is 74.2 Å². The van der Waals surface area contributed by atoms with Gasteiger partial charge in [-0.1, -0.05) is 309 Å². The summed E-state index contributed by atoms with van der Waals surface area (Å²) in [4.78, 5) is 13.2. The zero-order valence-electron chi connectivity index (χ0n) is 50.5. The summed E-state index contributed by atoms with van der Waals surface area (Å²) in [6.07, 6.45) is 55.7. The highest BCUT2D eigenvalue weighted by molar-refractivity contribution is 5.80. The molecule has 9 atom stereocenters. The lowest BCUT2D eigenvalue weighted by atomic mass is 9.98. The van der Waals surface area contributed by atoms with Crippen LogP contribution in [0.2, 0.25) is 0 Å². The molecule has 0 saturated carbocycles. The van der Waals surface area contributed by atoms with Gasteiger partial charge in [-0.25, -0.2) is 0 Å². The Balaban J connectivity index is 2.19. The Bertz CT molecular complexity index is 1260. The topological polar surface area (TPSA) is 189 Å². The van der Waals surface area contributed by atoms with Gasteiger partial charge in [-0.15, -0.1) is 0 Å². The first-order valence-electron chi connectivity index (χ1n) is 33.6. The fourth-order valence-electron chi connectivity index (χ4n) is 11.1. The van der Waals surface area contributed by atoms with Crippen LogP contribution in [0, 0.1) is 0 Å². The lowest BCUT2D eigenvalue weighted by Gasteiger charge is -2.40. The van der Waals surface area contributed by atoms with Gasteiger partial charge in [0.2, 0.25) is 5.91 Å². The van der Waals surface area contributed by atoms with E-state index in [9.17, 15) is 40.5 Å². The zero-order valence-corrected chi connectivity index (χ0v) is 50.5. The van der Waals surface area contributed by atoms with Gasteiger partial charge in [0.1, 0.15) is 36.6 Å². The van der Waals surface area contributed by atoms with E-state index in [1.807, 2.05) is 0 Å². The second-order valence-electron chi connectivity index (χ2n) is 23.9. The molecule has 1 saturated heterocycles. The Morgan fingerprint density at radius 3 is 1.09 bits per heavy atom. The molecule has 77 heavy (non-hydrogen) atoms. The standard InChI is InChI=1S/C66H129NO10/c1-3-5-7-9-11-13-15-17-19-21-23-24-25-26-27-28-29-30-31-32-33-34-36-38-40-42-44-46-48-50-52-54-59(70)65(75)67-57(56-76-66-64(74)63(73)62(72)60(55-68)77-66)61(71)58(69)53-51-49-47-45-43-41-39-37-35-22-20-18-16-14-12-10-8-6-4-2/h26-27,57-64,66,68-74H,3-25,28-56H2,1-2H3,(H,67,75)/b27-26-. The summed E-state index contributed by atoms with van der Waals surface area (Å²) in [7, 11) is 0. The molecule has 1 aliphatic heterocycles. The highest BCUT2D eigenvalue weighted by Gasteiger charge is 2.44. The Morgan fingerprint density at radius 1 is 0.442 bits per heavy atom. The monoisotopic (exact) mass is 1100 g/mol. The van der Waals surface area contributed by atoms with Crippen LogP contribution < -0.4 is 5.32 Å². The fourth-order valence-corrected chi connectivity index (χ4v) is 11.1. The van der Waals surface area contributed by atoms with Gasteiger partial charge >= 0.3 is 0 Å². The molecule has 0 aromatic rings. The average Bonchev–Trinajstić information content (AvgIpc) is 3.43. The number of unbranched alkanes of at least 4 members (excludes halogenated alkanes) is 45. The molecule has 1 fully saturated rings. The van der Waals surface area contributed by atoms with Gasteiger partial charge in [-0.05, 0) is 38.5 Å². The number of amides is 1. The van der Waals surface area contributed by atoms with Crippen molar-refractivity contribution in [3.63, 3.8) is 0 Å². The number of ether oxygens (including phenoxy) is 2. The Hall–Kier alpha value is -1.15. The molecule has 11 nitrogen and oxygen atoms in total. The van der Waals surface area contributed by atoms with Crippen molar-refractivity contribution in [1.29, 1.82) is 0 Å². The van der Waals surface area contributed by atoms with Crippen LogP contribution in [-0.2, 0) is 14.3 Å². The molecular weight excluding hydrogens is 967 g/mol. The average molecular weight is 1100 g/mol. The van der Waals surface area contributed by atoms with Crippen molar-refractivity contribution in [1.82, 2.24) is 5.32 Å². The normalized spacial score (nSPS) is 19.5. The van der Waals surface area contributed by atoms with E-state index in [-0.39, 0.29) is 6.42 Å². The maximum absolute atomic E-state index is 13.2. The number of carbonyl (C=O) groups is 1. The molecule has 0 aromatic heterocycles. The van der Waals surface area contributed by atoms with Crippen LogP contribution >= 0.6 is 0 Å². The van der Waals surface area contributed by atoms with E-state index in [1.165, 1.54) is 257 Å². The van der Waals surface area contributed by atoms with Crippen LogP contribution in [0.5, 0.6) is 0 Å². The van der Waals surface area contributed by atoms with Gasteiger partial charge in [0.15, 0.2) is 6.29 Å². The summed E-state index contributed by atoms with van der Waals surface area (Å²) in [6.45, 7) is 3.51. The number of aliphatic hydroxyl groups is 7. The highest BCUT2D eigenvalue weighted by Crippen LogP contribution is 2.24. The minimum Gasteiger partial charge on any atom is -0.394 e. The Kier molecular flexibility index (Phi) is 53.1. The zero-order chi connectivity index (χ0) is 56.1. The SMILES string of the molecule is CCCCCCCCCCCCCC/C=C\CCCCCCCCCCCCCCCCCC(O)C(=O)NC(COC1OC(CO)C(O)C(O)C1O)C(O)C(O)CCCCCCCCCCCCCCCCCCCCC. The number of nitrogens with one attached hydrogen (secondary N) is 1. The van der Waals surface area contributed by atoms with Crippen LogP contribution in [0.1, 0.15) is 335 Å². The third kappa shape index (κ3) is 43.2. The van der Waals surface area contributed by atoms with E-state index in [0.29, 0.717) is 19.3 Å². The van der Waals surface area contributed by atoms with Crippen LogP contribution in [0.15, 0.2) is 12.2 Å². The highest BCUT2D eigenvalue weighted by atomic mass is 16.7. The molecule has 1 rings (SSSR count). The van der Waals surface area contributed by atoms with Crippen LogP contribution in [0.3, 0.4) is 0 Å². The van der Waals surface area contributed by atoms with Crippen molar-refractivity contribution in [2.75, 3.05) is 13.2 Å². The fraction of sp³-hybridized carbons (Fsp3) is 0.955. The molecule has 9 unspecified atom stereocenters. The second kappa shape index (κ2) is 55.4. The number of allylic oxidation sites excluding steroid dienone is 2. The van der Waals surface area contributed by atoms with E-state index in [2.05, 4.69) is 31.3 Å². The van der Waals surface area contributed by atoms with Gasteiger partial charge in [0.05, 0.1) is 25.4 Å². The number of hydrogen-bond acceptors (Lipinski definition) is 10. The summed E-state index contributed by atoms with van der Waals surface area (Å²) >= 11 is 0. The van der Waals surface area contributed by atoms with Crippen LogP contribution in [0.25, 0.3) is 0 Å². The third-order valence-electron chi connectivity index (χ3n) is 16.6. The molecule has 0 bridgehead atoms. The van der Waals surface area contributed by atoms with E-state index in [0.717, 1.165) is 38.5 Å². The van der Waals surface area contributed by atoms with Crippen molar-refractivity contribution in [3.05, 3.63) is 12.2 Å². The predicted molar refractivity (Wildman–Crippen MR) is 321 cm³/mol. The molecule has 1 amide bonds. The summed E-state index contributed by atoms with van der Waals surface area (Å²) in [6, 6.07) is -1.17. The van der Waals surface area contributed by atoms with E-state index in [1.54, 1.807) is 0 Å². The molecule has 1 heterocycles. The third-order valence-corrected chi connectivity index (χ3v) is 16.6. The number of aliphatic hydroxyl groups excluding tert-OH is 7. The second-order valence-corrected chi connectivity index (χ2v) is 23.9. The Morgan fingerprint density at radius 2 is 0.753 bits per heavy atom. The lowest BCUT2D eigenvalue weighted by Crippen LogP contribution is -2.60. The van der Waals surface area contributed by atoms with Crippen molar-refractivity contribution >= 4 is 5.91 Å². The predicted octanol–water partition coefficient (Wildman–Crippen LogP) is 15.5. The van der Waals surface area contributed by atoms with Gasteiger partial charge in [-0.3, -0.25) is 4.79 Å². The quantitative estimate of drug-likeness (QED) is 0.0215. The first-order valence-corrected chi connectivity index (χ1v) is 33.6. The molecule has 11 heteroatoms. The molecule has 0 radical (unpaired) electrons. The summed E-state index contributed by atoms with van der Waals surface area (Å²) in [5, 5.41) is 76.4. The van der Waals surface area contributed by atoms with E-state index in [4.69, 9.17) is 9.47 Å². The first-order chi connectivity index (χ1) is 37.7. The maximum atomic E-state index is 13.2. The van der Waals surface area contributed by atoms with Crippen LogP contribution in [0.4, 0.5) is 0 Å². The molecule has 0 aliphatic carbocycles. The van der Waals surface area contributed by atoms with Crippen molar-refractivity contribution in [3.8, 4) is 0 Å². The minimum absolute atomic E-state index is 0.265. The van der Waals surface area contributed by atoms with Crippen LogP contribution in [-0.4, -0.2) is 110 Å². The molecule has 8 N–H and O–H groups in total. The van der Waals surface area contributed by atoms with Gasteiger partial charge in [0.25, 0.3) is 0 Å². The minimum atomic E-state index is -1.66. The largest absolute Gasteiger partial charge is 0.394 e. The smallest absolute Gasteiger partial charge is 0.249 e. The number of carbonyl (C=O) groups excluding carboxylic acids is 1. The number of rotatable bonds is 59. The van der Waals surface area contributed by atoms with Gasteiger partial charge < -0.3 is 50.5 Å². The first kappa shape index (κ1) is 73.9. The van der Waals surface area contributed by atoms with Crippen molar-refractivity contribution < 1.29 is 50.0 Å². The van der Waals surface area contributed by atoms with Gasteiger partial charge in [-0.2, -0.15) is 0 Å². The van der Waals surface area contributed by atoms with E-state index >= 15 is 0 Å². The molecular formula is C66H129NO10. The van der Waals surface area contributed by atoms with Gasteiger partial charge in [0, 0.05) is 0 Å². The van der Waals surface area contributed by atoms with Crippen molar-refractivity contribution in [2.24, 2.45) is 0 Å². The summed E-state index contributed by atoms with van der Waals surface area (Å²) in [5.74, 6) is -0.690. The molecule has 0 aromatic carbocycles. The Labute approximate surface area is 474 Å². The summed E-state index contributed by atoms with van der Waals surface area (Å²) < 4.78 is 11.2. The lowest BCUT2D eigenvalue weighted by molar-refractivity contribution is -0.303. The summed E-state index contributed by atoms with van der Waals surface area (Å²) in [5.41, 5.74) is 0. The van der Waals surface area contributed by atoms with Crippen molar-refractivity contribution in [2.45, 2.75) is 390 Å². The molecule has 1 aliphatic rings. The number of hydrogen-bond donors (Lipinski definition) is 8. The molecule has 0 spiro atoms. The molecule has 458 valence electrons.